The van der Waals surface area contributed by atoms with E-state index in [9.17, 15) is 0 Å². The highest BCUT2D eigenvalue weighted by Gasteiger charge is 2.11. The highest BCUT2D eigenvalue weighted by molar-refractivity contribution is 7.78. The van der Waals surface area contributed by atoms with E-state index in [-0.39, 0.29) is 0 Å². The summed E-state index contributed by atoms with van der Waals surface area (Å²) < 4.78 is 5.19. The van der Waals surface area contributed by atoms with Crippen LogP contribution in [0.2, 0.25) is 0 Å². The topological polar surface area (TPSA) is 21.6 Å². The summed E-state index contributed by atoms with van der Waals surface area (Å²) in [7, 11) is 0. The molecule has 2 nitrogen and oxygen atoms in total. The predicted molar refractivity (Wildman–Crippen MR) is 43.4 cm³/mol. The average molecular weight is 157 g/mol. The van der Waals surface area contributed by atoms with Gasteiger partial charge in [0.2, 0.25) is 0 Å². The van der Waals surface area contributed by atoms with E-state index in [4.69, 9.17) is 4.74 Å². The van der Waals surface area contributed by atoms with Crippen LogP contribution in [0.3, 0.4) is 0 Å². The quantitative estimate of drug-likeness (QED) is 0.447. The van der Waals surface area contributed by atoms with Gasteiger partial charge in [-0.2, -0.15) is 0 Å². The van der Waals surface area contributed by atoms with Crippen molar-refractivity contribution >= 4 is 17.4 Å². The summed E-state index contributed by atoms with van der Waals surface area (Å²) in [6, 6.07) is 0. The number of nitrogens with zero attached hydrogens (tertiary/aromatic N) is 1. The Morgan fingerprint density at radius 1 is 1.50 bits per heavy atom. The lowest BCUT2D eigenvalue weighted by atomic mass is 10.0. The maximum absolute atomic E-state index is 5.19. The van der Waals surface area contributed by atoms with Crippen molar-refractivity contribution in [1.82, 2.24) is 0 Å². The predicted octanol–water partition coefficient (Wildman–Crippen LogP) is 1.52. The van der Waals surface area contributed by atoms with Gasteiger partial charge in [0.15, 0.2) is 0 Å². The SMILES string of the molecule is S=C=NCC1CCOCC1. The van der Waals surface area contributed by atoms with Gasteiger partial charge in [0.25, 0.3) is 0 Å². The lowest BCUT2D eigenvalue weighted by Gasteiger charge is -2.19. The molecular weight excluding hydrogens is 146 g/mol. The van der Waals surface area contributed by atoms with Crippen LogP contribution in [-0.4, -0.2) is 24.9 Å². The molecule has 0 N–H and O–H groups in total. The molecule has 0 radical (unpaired) electrons. The maximum Gasteiger partial charge on any atom is 0.0585 e. The second kappa shape index (κ2) is 4.56. The number of rotatable bonds is 2. The second-order valence-corrected chi connectivity index (χ2v) is 2.67. The standard InChI is InChI=1S/C7H11NOS/c10-6-8-5-7-1-3-9-4-2-7/h7H,1-5H2. The van der Waals surface area contributed by atoms with Gasteiger partial charge in [-0.05, 0) is 31.0 Å². The summed E-state index contributed by atoms with van der Waals surface area (Å²) in [5.74, 6) is 0.684. The first-order chi connectivity index (χ1) is 4.93. The summed E-state index contributed by atoms with van der Waals surface area (Å²) in [6.45, 7) is 2.61. The van der Waals surface area contributed by atoms with Gasteiger partial charge >= 0.3 is 0 Å². The summed E-state index contributed by atoms with van der Waals surface area (Å²) in [6.07, 6.45) is 2.25. The molecule has 0 amide bonds. The molecule has 0 bridgehead atoms. The van der Waals surface area contributed by atoms with Gasteiger partial charge < -0.3 is 4.74 Å². The van der Waals surface area contributed by atoms with Gasteiger partial charge in [-0.15, -0.1) is 0 Å². The third-order valence-electron chi connectivity index (χ3n) is 1.75. The van der Waals surface area contributed by atoms with E-state index < -0.39 is 0 Å². The molecule has 56 valence electrons. The van der Waals surface area contributed by atoms with Gasteiger partial charge in [0.05, 0.1) is 11.7 Å². The van der Waals surface area contributed by atoms with E-state index >= 15 is 0 Å². The van der Waals surface area contributed by atoms with Crippen LogP contribution in [0.25, 0.3) is 0 Å². The van der Waals surface area contributed by atoms with Gasteiger partial charge in [-0.3, -0.25) is 0 Å². The van der Waals surface area contributed by atoms with E-state index in [2.05, 4.69) is 22.4 Å². The Morgan fingerprint density at radius 2 is 2.20 bits per heavy atom. The normalized spacial score (nSPS) is 20.0. The Labute approximate surface area is 66.3 Å². The Morgan fingerprint density at radius 3 is 2.80 bits per heavy atom. The third-order valence-corrected chi connectivity index (χ3v) is 1.88. The van der Waals surface area contributed by atoms with E-state index in [0.717, 1.165) is 32.6 Å². The van der Waals surface area contributed by atoms with Crippen LogP contribution >= 0.6 is 12.2 Å². The van der Waals surface area contributed by atoms with Crippen molar-refractivity contribution in [3.63, 3.8) is 0 Å². The third kappa shape index (κ3) is 2.56. The summed E-state index contributed by atoms with van der Waals surface area (Å²) in [5, 5.41) is 2.38. The Hall–Kier alpha value is -0.240. The number of thiocarbonyl (C=S) groups is 1. The fourth-order valence-corrected chi connectivity index (χ4v) is 1.17. The molecule has 0 aromatic heterocycles. The molecule has 3 heteroatoms. The number of hydrogen-bond donors (Lipinski definition) is 0. The molecule has 1 fully saturated rings. The van der Waals surface area contributed by atoms with E-state index in [1.165, 1.54) is 0 Å². The lowest BCUT2D eigenvalue weighted by Crippen LogP contribution is -2.17. The Bertz CT molecular complexity index is 137. The van der Waals surface area contributed by atoms with Crippen molar-refractivity contribution in [1.29, 1.82) is 0 Å². The molecule has 0 aliphatic carbocycles. The zero-order chi connectivity index (χ0) is 7.23. The van der Waals surface area contributed by atoms with Gasteiger partial charge in [0.1, 0.15) is 0 Å². The summed E-state index contributed by atoms with van der Waals surface area (Å²) in [4.78, 5) is 3.90. The average Bonchev–Trinajstić information content (AvgIpc) is 2.03. The molecule has 1 heterocycles. The van der Waals surface area contributed by atoms with Crippen molar-refractivity contribution in [2.45, 2.75) is 12.8 Å². The smallest absolute Gasteiger partial charge is 0.0585 e. The lowest BCUT2D eigenvalue weighted by molar-refractivity contribution is 0.0690. The van der Waals surface area contributed by atoms with Crippen LogP contribution in [0.1, 0.15) is 12.8 Å². The van der Waals surface area contributed by atoms with E-state index in [1.807, 2.05) is 0 Å². The van der Waals surface area contributed by atoms with Crippen LogP contribution in [0.5, 0.6) is 0 Å². The van der Waals surface area contributed by atoms with Crippen LogP contribution in [0.15, 0.2) is 4.99 Å². The number of ether oxygens (including phenoxy) is 1. The molecular formula is C7H11NOS. The fourth-order valence-electron chi connectivity index (χ4n) is 1.10. The first kappa shape index (κ1) is 7.86. The number of aliphatic imine (C=N–C) groups is 1. The number of isothiocyanates is 1. The molecule has 0 aromatic rings. The van der Waals surface area contributed by atoms with Crippen LogP contribution in [0.4, 0.5) is 0 Å². The van der Waals surface area contributed by atoms with Crippen LogP contribution < -0.4 is 0 Å². The van der Waals surface area contributed by atoms with Crippen LogP contribution in [-0.2, 0) is 4.74 Å². The van der Waals surface area contributed by atoms with E-state index in [1.54, 1.807) is 0 Å². The molecule has 0 spiro atoms. The van der Waals surface area contributed by atoms with Crippen molar-refractivity contribution in [3.05, 3.63) is 0 Å². The molecule has 1 saturated heterocycles. The van der Waals surface area contributed by atoms with Gasteiger partial charge in [-0.1, -0.05) is 0 Å². The molecule has 0 saturated carbocycles. The highest BCUT2D eigenvalue weighted by atomic mass is 32.1. The number of hydrogen-bond acceptors (Lipinski definition) is 3. The van der Waals surface area contributed by atoms with Gasteiger partial charge in [0, 0.05) is 13.2 Å². The van der Waals surface area contributed by atoms with Crippen molar-refractivity contribution in [2.24, 2.45) is 10.9 Å². The molecule has 1 aliphatic rings. The zero-order valence-electron chi connectivity index (χ0n) is 5.88. The Kier molecular flexibility index (Phi) is 3.58. The molecule has 0 aromatic carbocycles. The summed E-state index contributed by atoms with van der Waals surface area (Å²) >= 11 is 4.47. The Balaban J connectivity index is 2.19. The van der Waals surface area contributed by atoms with Crippen LogP contribution in [0, 0.1) is 5.92 Å². The molecule has 1 rings (SSSR count). The van der Waals surface area contributed by atoms with Gasteiger partial charge in [-0.25, -0.2) is 4.99 Å². The fraction of sp³-hybridized carbons (Fsp3) is 0.857. The summed E-state index contributed by atoms with van der Waals surface area (Å²) in [5.41, 5.74) is 0. The molecule has 0 unspecified atom stereocenters. The molecule has 10 heavy (non-hydrogen) atoms. The highest BCUT2D eigenvalue weighted by Crippen LogP contribution is 2.13. The largest absolute Gasteiger partial charge is 0.381 e. The minimum Gasteiger partial charge on any atom is -0.381 e. The molecule has 0 atom stereocenters. The first-order valence-electron chi connectivity index (χ1n) is 3.55. The van der Waals surface area contributed by atoms with Crippen molar-refractivity contribution in [2.75, 3.05) is 19.8 Å². The first-order valence-corrected chi connectivity index (χ1v) is 3.95. The maximum atomic E-state index is 5.19. The van der Waals surface area contributed by atoms with Crippen molar-refractivity contribution in [3.8, 4) is 0 Å². The second-order valence-electron chi connectivity index (χ2n) is 2.49. The van der Waals surface area contributed by atoms with E-state index in [0.29, 0.717) is 5.92 Å². The monoisotopic (exact) mass is 157 g/mol. The zero-order valence-corrected chi connectivity index (χ0v) is 6.69. The van der Waals surface area contributed by atoms with Crippen molar-refractivity contribution < 1.29 is 4.74 Å². The molecule has 1 aliphatic heterocycles. The minimum absolute atomic E-state index is 0.684. The minimum atomic E-state index is 0.684.